The number of rotatable bonds is 4. The summed E-state index contributed by atoms with van der Waals surface area (Å²) in [5, 5.41) is 0.832. The minimum Gasteiger partial charge on any atom is -0.322 e. The van der Waals surface area contributed by atoms with Crippen molar-refractivity contribution in [3.05, 3.63) is 36.3 Å². The van der Waals surface area contributed by atoms with Crippen LogP contribution in [0.3, 0.4) is 0 Å². The van der Waals surface area contributed by atoms with Crippen LogP contribution >= 0.6 is 11.6 Å². The van der Waals surface area contributed by atoms with Crippen molar-refractivity contribution in [1.82, 2.24) is 14.5 Å². The molecule has 0 aliphatic carbocycles. The molecule has 3 aromatic rings. The molecule has 0 aliphatic heterocycles. The minimum atomic E-state index is -2.44. The van der Waals surface area contributed by atoms with Crippen LogP contribution in [-0.4, -0.2) is 26.8 Å². The number of aromatic nitrogens is 3. The molecule has 0 aliphatic rings. The number of halogens is 3. The Labute approximate surface area is 119 Å². The van der Waals surface area contributed by atoms with E-state index in [9.17, 15) is 8.78 Å². The maximum Gasteiger partial charge on any atom is 0.256 e. The molecule has 20 heavy (non-hydrogen) atoms. The van der Waals surface area contributed by atoms with Gasteiger partial charge in [0.1, 0.15) is 11.3 Å². The Morgan fingerprint density at radius 2 is 2.00 bits per heavy atom. The van der Waals surface area contributed by atoms with Gasteiger partial charge in [0.2, 0.25) is 0 Å². The van der Waals surface area contributed by atoms with Crippen LogP contribution in [0.4, 0.5) is 8.78 Å². The standard InChI is InChI=1S/C14H12ClF2N3/c15-6-5-13-19-11-7-18-10-4-2-1-3-9(10)14(11)20(13)8-12(16)17/h1-4,7,12H,5-6,8H2. The molecule has 3 nitrogen and oxygen atoms in total. The van der Waals surface area contributed by atoms with E-state index in [0.29, 0.717) is 29.2 Å². The van der Waals surface area contributed by atoms with Gasteiger partial charge >= 0.3 is 0 Å². The smallest absolute Gasteiger partial charge is 0.256 e. The highest BCUT2D eigenvalue weighted by Gasteiger charge is 2.16. The summed E-state index contributed by atoms with van der Waals surface area (Å²) in [6.07, 6.45) is -0.359. The van der Waals surface area contributed by atoms with E-state index in [4.69, 9.17) is 11.6 Å². The van der Waals surface area contributed by atoms with E-state index >= 15 is 0 Å². The molecule has 2 heterocycles. The summed E-state index contributed by atoms with van der Waals surface area (Å²) in [5.74, 6) is 0.922. The lowest BCUT2D eigenvalue weighted by molar-refractivity contribution is 0.127. The average Bonchev–Trinajstić information content (AvgIpc) is 2.77. The summed E-state index contributed by atoms with van der Waals surface area (Å²) < 4.78 is 27.3. The van der Waals surface area contributed by atoms with Gasteiger partial charge in [-0.1, -0.05) is 18.2 Å². The largest absolute Gasteiger partial charge is 0.322 e. The van der Waals surface area contributed by atoms with Crippen LogP contribution in [0.2, 0.25) is 0 Å². The van der Waals surface area contributed by atoms with E-state index in [1.807, 2.05) is 24.3 Å². The van der Waals surface area contributed by atoms with Gasteiger partial charge in [-0.25, -0.2) is 13.8 Å². The molecular formula is C14H12ClF2N3. The van der Waals surface area contributed by atoms with E-state index in [-0.39, 0.29) is 6.54 Å². The van der Waals surface area contributed by atoms with Gasteiger partial charge in [0.15, 0.2) is 0 Å². The van der Waals surface area contributed by atoms with Gasteiger partial charge in [0, 0.05) is 17.7 Å². The maximum atomic E-state index is 12.8. The van der Waals surface area contributed by atoms with Crippen LogP contribution in [0.25, 0.3) is 21.9 Å². The fourth-order valence-electron chi connectivity index (χ4n) is 2.42. The number of benzene rings is 1. The number of para-hydroxylation sites is 1. The van der Waals surface area contributed by atoms with Crippen molar-refractivity contribution >= 4 is 33.5 Å². The number of hydrogen-bond acceptors (Lipinski definition) is 2. The van der Waals surface area contributed by atoms with Crippen molar-refractivity contribution in [3.63, 3.8) is 0 Å². The zero-order valence-electron chi connectivity index (χ0n) is 10.6. The second-order valence-electron chi connectivity index (χ2n) is 4.48. The molecule has 0 atom stereocenters. The molecule has 1 aromatic carbocycles. The Hall–Kier alpha value is -1.75. The van der Waals surface area contributed by atoms with Gasteiger partial charge in [-0.05, 0) is 6.07 Å². The number of pyridine rings is 1. The first-order valence-corrected chi connectivity index (χ1v) is 6.81. The van der Waals surface area contributed by atoms with Crippen LogP contribution in [0.5, 0.6) is 0 Å². The van der Waals surface area contributed by atoms with Gasteiger partial charge in [0.25, 0.3) is 6.43 Å². The molecule has 0 amide bonds. The van der Waals surface area contributed by atoms with Gasteiger partial charge in [0.05, 0.1) is 23.8 Å². The van der Waals surface area contributed by atoms with Crippen molar-refractivity contribution in [1.29, 1.82) is 0 Å². The molecule has 0 unspecified atom stereocenters. The topological polar surface area (TPSA) is 30.7 Å². The van der Waals surface area contributed by atoms with E-state index in [0.717, 1.165) is 10.9 Å². The predicted octanol–water partition coefficient (Wildman–Crippen LogP) is 3.63. The lowest BCUT2D eigenvalue weighted by Crippen LogP contribution is -2.11. The lowest BCUT2D eigenvalue weighted by atomic mass is 10.2. The fourth-order valence-corrected chi connectivity index (χ4v) is 2.59. The number of fused-ring (bicyclic) bond motifs is 3. The second kappa shape index (κ2) is 5.32. The summed E-state index contributed by atoms with van der Waals surface area (Å²) in [6, 6.07) is 7.47. The molecule has 0 bridgehead atoms. The van der Waals surface area contributed by atoms with Crippen molar-refractivity contribution in [2.75, 3.05) is 5.88 Å². The monoisotopic (exact) mass is 295 g/mol. The normalized spacial score (nSPS) is 11.8. The van der Waals surface area contributed by atoms with Crippen LogP contribution in [0.1, 0.15) is 5.82 Å². The Morgan fingerprint density at radius 3 is 2.75 bits per heavy atom. The summed E-state index contributed by atoms with van der Waals surface area (Å²) in [5.41, 5.74) is 2.10. The van der Waals surface area contributed by atoms with E-state index in [2.05, 4.69) is 9.97 Å². The Balaban J connectivity index is 2.33. The lowest BCUT2D eigenvalue weighted by Gasteiger charge is -2.09. The Bertz CT molecular complexity index is 755. The first-order valence-electron chi connectivity index (χ1n) is 6.27. The van der Waals surface area contributed by atoms with Crippen LogP contribution < -0.4 is 0 Å². The van der Waals surface area contributed by atoms with Crippen LogP contribution in [0, 0.1) is 0 Å². The van der Waals surface area contributed by atoms with E-state index in [1.54, 1.807) is 10.8 Å². The number of aryl methyl sites for hydroxylation is 1. The third-order valence-electron chi connectivity index (χ3n) is 3.20. The quantitative estimate of drug-likeness (QED) is 0.688. The zero-order chi connectivity index (χ0) is 14.1. The van der Waals surface area contributed by atoms with Crippen molar-refractivity contribution in [2.24, 2.45) is 0 Å². The summed E-state index contributed by atoms with van der Waals surface area (Å²) in [4.78, 5) is 8.70. The van der Waals surface area contributed by atoms with E-state index in [1.165, 1.54) is 0 Å². The van der Waals surface area contributed by atoms with Gasteiger partial charge in [-0.2, -0.15) is 0 Å². The number of imidazole rings is 1. The molecule has 2 aromatic heterocycles. The van der Waals surface area contributed by atoms with Gasteiger partial charge < -0.3 is 4.57 Å². The number of hydrogen-bond donors (Lipinski definition) is 0. The summed E-state index contributed by atoms with van der Waals surface area (Å²) in [6.45, 7) is -0.378. The molecule has 0 saturated carbocycles. The molecule has 3 rings (SSSR count). The van der Waals surface area contributed by atoms with E-state index < -0.39 is 6.43 Å². The molecular weight excluding hydrogens is 284 g/mol. The second-order valence-corrected chi connectivity index (χ2v) is 4.86. The molecule has 0 radical (unpaired) electrons. The van der Waals surface area contributed by atoms with Crippen LogP contribution in [-0.2, 0) is 13.0 Å². The fraction of sp³-hybridized carbons (Fsp3) is 0.286. The molecule has 6 heteroatoms. The summed E-state index contributed by atoms with van der Waals surface area (Å²) in [7, 11) is 0. The highest BCUT2D eigenvalue weighted by molar-refractivity contribution is 6.18. The van der Waals surface area contributed by atoms with Gasteiger partial charge in [-0.3, -0.25) is 4.98 Å². The highest BCUT2D eigenvalue weighted by Crippen LogP contribution is 2.25. The highest BCUT2D eigenvalue weighted by atomic mass is 35.5. The van der Waals surface area contributed by atoms with Crippen molar-refractivity contribution < 1.29 is 8.78 Å². The first kappa shape index (κ1) is 13.2. The minimum absolute atomic E-state index is 0.345. The third-order valence-corrected chi connectivity index (χ3v) is 3.39. The van der Waals surface area contributed by atoms with Gasteiger partial charge in [-0.15, -0.1) is 11.6 Å². The Morgan fingerprint density at radius 1 is 1.20 bits per heavy atom. The molecule has 0 fully saturated rings. The zero-order valence-corrected chi connectivity index (χ0v) is 11.3. The Kier molecular flexibility index (Phi) is 3.53. The molecule has 0 spiro atoms. The first-order chi connectivity index (χ1) is 9.70. The molecule has 0 N–H and O–H groups in total. The summed E-state index contributed by atoms with van der Waals surface area (Å²) >= 11 is 5.73. The SMILES string of the molecule is FC(F)Cn1c(CCCl)nc2cnc3ccccc3c21. The third kappa shape index (κ3) is 2.22. The predicted molar refractivity (Wildman–Crippen MR) is 75.5 cm³/mol. The van der Waals surface area contributed by atoms with Crippen molar-refractivity contribution in [2.45, 2.75) is 19.4 Å². The number of nitrogens with zero attached hydrogens (tertiary/aromatic N) is 3. The molecule has 104 valence electrons. The molecule has 0 saturated heterocycles. The maximum absolute atomic E-state index is 12.8. The average molecular weight is 296 g/mol. The number of alkyl halides is 3. The van der Waals surface area contributed by atoms with Crippen LogP contribution in [0.15, 0.2) is 30.5 Å². The van der Waals surface area contributed by atoms with Crippen molar-refractivity contribution in [3.8, 4) is 0 Å².